The Morgan fingerprint density at radius 1 is 1.44 bits per heavy atom. The quantitative estimate of drug-likeness (QED) is 0.725. The van der Waals surface area contributed by atoms with Gasteiger partial charge >= 0.3 is 5.97 Å². The molecular weight excluding hydrogens is 210 g/mol. The van der Waals surface area contributed by atoms with E-state index in [2.05, 4.69) is 5.32 Å². The summed E-state index contributed by atoms with van der Waals surface area (Å²) in [6, 6.07) is -0.0265. The first-order valence-electron chi connectivity index (χ1n) is 5.56. The fourth-order valence-corrected chi connectivity index (χ4v) is 2.10. The third-order valence-corrected chi connectivity index (χ3v) is 2.96. The van der Waals surface area contributed by atoms with Crippen LogP contribution in [-0.2, 0) is 14.3 Å². The first kappa shape index (κ1) is 13.0. The molecule has 0 heterocycles. The van der Waals surface area contributed by atoms with Gasteiger partial charge < -0.3 is 15.2 Å². The zero-order valence-corrected chi connectivity index (χ0v) is 9.73. The Morgan fingerprint density at radius 2 is 2.06 bits per heavy atom. The van der Waals surface area contributed by atoms with Gasteiger partial charge in [-0.05, 0) is 26.2 Å². The van der Waals surface area contributed by atoms with E-state index in [9.17, 15) is 9.59 Å². The number of amides is 1. The minimum Gasteiger partial charge on any atom is -0.481 e. The Labute approximate surface area is 95.2 Å². The first-order valence-corrected chi connectivity index (χ1v) is 5.56. The van der Waals surface area contributed by atoms with Crippen molar-refractivity contribution < 1.29 is 19.4 Å². The van der Waals surface area contributed by atoms with Crippen molar-refractivity contribution in [1.29, 1.82) is 0 Å². The van der Waals surface area contributed by atoms with Gasteiger partial charge in [-0.3, -0.25) is 9.59 Å². The number of nitrogens with one attached hydrogen (secondary N) is 1. The number of carboxylic acid groups (broad SMARTS) is 1. The summed E-state index contributed by atoms with van der Waals surface area (Å²) in [6.45, 7) is 2.34. The number of carboxylic acids is 1. The van der Waals surface area contributed by atoms with Crippen LogP contribution in [-0.4, -0.2) is 36.7 Å². The molecule has 2 N–H and O–H groups in total. The van der Waals surface area contributed by atoms with Gasteiger partial charge in [-0.15, -0.1) is 0 Å². The molecule has 3 atom stereocenters. The fourth-order valence-electron chi connectivity index (χ4n) is 2.10. The Balaban J connectivity index is 2.36. The van der Waals surface area contributed by atoms with Crippen LogP contribution < -0.4 is 5.32 Å². The van der Waals surface area contributed by atoms with Gasteiger partial charge in [0.05, 0.1) is 12.5 Å². The van der Waals surface area contributed by atoms with Crippen LogP contribution in [0.4, 0.5) is 0 Å². The molecule has 5 heteroatoms. The third kappa shape index (κ3) is 3.48. The second-order valence-electron chi connectivity index (χ2n) is 4.41. The van der Waals surface area contributed by atoms with Crippen molar-refractivity contribution in [1.82, 2.24) is 5.32 Å². The molecule has 1 unspecified atom stereocenters. The molecule has 0 aromatic heterocycles. The van der Waals surface area contributed by atoms with Crippen molar-refractivity contribution >= 4 is 11.9 Å². The third-order valence-electron chi connectivity index (χ3n) is 2.96. The van der Waals surface area contributed by atoms with E-state index < -0.39 is 5.97 Å². The van der Waals surface area contributed by atoms with Crippen molar-refractivity contribution in [2.45, 2.75) is 32.2 Å². The molecule has 5 nitrogen and oxygen atoms in total. The molecule has 0 aromatic rings. The average Bonchev–Trinajstić information content (AvgIpc) is 2.66. The maximum atomic E-state index is 11.7. The minimum atomic E-state index is -0.791. The van der Waals surface area contributed by atoms with E-state index in [4.69, 9.17) is 9.84 Å². The molecule has 0 bridgehead atoms. The highest BCUT2D eigenvalue weighted by atomic mass is 16.5. The van der Waals surface area contributed by atoms with Crippen LogP contribution in [0.3, 0.4) is 0 Å². The Kier molecular flexibility index (Phi) is 4.73. The highest BCUT2D eigenvalue weighted by molar-refractivity contribution is 5.81. The van der Waals surface area contributed by atoms with Crippen molar-refractivity contribution in [3.8, 4) is 0 Å². The van der Waals surface area contributed by atoms with E-state index in [0.29, 0.717) is 25.9 Å². The Bertz CT molecular complexity index is 267. The molecule has 0 saturated heterocycles. The predicted octanol–water partition coefficient (Wildman–Crippen LogP) is 0.638. The van der Waals surface area contributed by atoms with Crippen molar-refractivity contribution in [2.75, 3.05) is 13.7 Å². The van der Waals surface area contributed by atoms with Gasteiger partial charge in [0, 0.05) is 19.1 Å². The van der Waals surface area contributed by atoms with Gasteiger partial charge in [0.15, 0.2) is 0 Å². The number of carbonyl (C=O) groups excluding carboxylic acids is 1. The molecule has 1 aliphatic rings. The normalized spacial score (nSPS) is 26.4. The number of hydrogen-bond donors (Lipinski definition) is 2. The van der Waals surface area contributed by atoms with Gasteiger partial charge in [0.25, 0.3) is 0 Å². The second-order valence-corrected chi connectivity index (χ2v) is 4.41. The molecule has 0 radical (unpaired) electrons. The monoisotopic (exact) mass is 229 g/mol. The van der Waals surface area contributed by atoms with Gasteiger partial charge in [-0.2, -0.15) is 0 Å². The predicted molar refractivity (Wildman–Crippen MR) is 57.9 cm³/mol. The molecule has 0 aliphatic heterocycles. The lowest BCUT2D eigenvalue weighted by Crippen LogP contribution is -2.39. The van der Waals surface area contributed by atoms with Crippen LogP contribution in [0, 0.1) is 11.8 Å². The summed E-state index contributed by atoms with van der Waals surface area (Å²) in [5, 5.41) is 11.7. The topological polar surface area (TPSA) is 75.6 Å². The largest absolute Gasteiger partial charge is 0.481 e. The minimum absolute atomic E-state index is 0.0265. The first-order chi connectivity index (χ1) is 7.54. The van der Waals surface area contributed by atoms with Crippen LogP contribution in [0.5, 0.6) is 0 Å². The standard InChI is InChI=1S/C11H19NO4/c1-7(6-16-2)12-10(13)8-3-4-9(5-8)11(14)15/h7-9H,3-6H2,1-2H3,(H,12,13)(H,14,15)/t7?,8-,9+/m1/s1. The van der Waals surface area contributed by atoms with Crippen LogP contribution in [0.15, 0.2) is 0 Å². The maximum absolute atomic E-state index is 11.7. The van der Waals surface area contributed by atoms with Crippen LogP contribution in [0.1, 0.15) is 26.2 Å². The molecule has 92 valence electrons. The number of ether oxygens (including phenoxy) is 1. The summed E-state index contributed by atoms with van der Waals surface area (Å²) in [7, 11) is 1.58. The molecular formula is C11H19NO4. The molecule has 1 amide bonds. The number of methoxy groups -OCH3 is 1. The van der Waals surface area contributed by atoms with Crippen LogP contribution >= 0.6 is 0 Å². The van der Waals surface area contributed by atoms with E-state index in [-0.39, 0.29) is 23.8 Å². The second kappa shape index (κ2) is 5.84. The lowest BCUT2D eigenvalue weighted by atomic mass is 10.0. The summed E-state index contributed by atoms with van der Waals surface area (Å²) < 4.78 is 4.92. The molecule has 0 aromatic carbocycles. The molecule has 1 rings (SSSR count). The highest BCUT2D eigenvalue weighted by Crippen LogP contribution is 2.31. The lowest BCUT2D eigenvalue weighted by Gasteiger charge is -2.16. The van der Waals surface area contributed by atoms with E-state index in [1.807, 2.05) is 6.92 Å². The molecule has 1 saturated carbocycles. The summed E-state index contributed by atoms with van der Waals surface area (Å²) in [5.74, 6) is -1.34. The van der Waals surface area contributed by atoms with Crippen molar-refractivity contribution in [3.63, 3.8) is 0 Å². The highest BCUT2D eigenvalue weighted by Gasteiger charge is 2.33. The van der Waals surface area contributed by atoms with E-state index in [0.717, 1.165) is 0 Å². The van der Waals surface area contributed by atoms with Gasteiger partial charge in [-0.1, -0.05) is 0 Å². The number of aliphatic carboxylic acids is 1. The van der Waals surface area contributed by atoms with Gasteiger partial charge in [0.2, 0.25) is 5.91 Å². The average molecular weight is 229 g/mol. The van der Waals surface area contributed by atoms with Gasteiger partial charge in [0.1, 0.15) is 0 Å². The Hall–Kier alpha value is -1.10. The zero-order chi connectivity index (χ0) is 12.1. The van der Waals surface area contributed by atoms with Crippen molar-refractivity contribution in [2.24, 2.45) is 11.8 Å². The van der Waals surface area contributed by atoms with Crippen LogP contribution in [0.2, 0.25) is 0 Å². The number of carbonyl (C=O) groups is 2. The number of hydrogen-bond acceptors (Lipinski definition) is 3. The SMILES string of the molecule is COCC(C)NC(=O)[C@@H]1CC[C@H](C(=O)O)C1. The summed E-state index contributed by atoms with van der Waals surface area (Å²) >= 11 is 0. The summed E-state index contributed by atoms with van der Waals surface area (Å²) in [4.78, 5) is 22.5. The molecule has 0 spiro atoms. The van der Waals surface area contributed by atoms with E-state index >= 15 is 0 Å². The van der Waals surface area contributed by atoms with Crippen molar-refractivity contribution in [3.05, 3.63) is 0 Å². The van der Waals surface area contributed by atoms with E-state index in [1.165, 1.54) is 0 Å². The fraction of sp³-hybridized carbons (Fsp3) is 0.818. The lowest BCUT2D eigenvalue weighted by molar-refractivity contribution is -0.141. The zero-order valence-electron chi connectivity index (χ0n) is 9.73. The maximum Gasteiger partial charge on any atom is 0.306 e. The van der Waals surface area contributed by atoms with Crippen LogP contribution in [0.25, 0.3) is 0 Å². The Morgan fingerprint density at radius 3 is 2.56 bits per heavy atom. The smallest absolute Gasteiger partial charge is 0.306 e. The molecule has 16 heavy (non-hydrogen) atoms. The summed E-state index contributed by atoms with van der Waals surface area (Å²) in [5.41, 5.74) is 0. The van der Waals surface area contributed by atoms with E-state index in [1.54, 1.807) is 7.11 Å². The molecule has 1 aliphatic carbocycles. The number of rotatable bonds is 5. The van der Waals surface area contributed by atoms with Gasteiger partial charge in [-0.25, -0.2) is 0 Å². The molecule has 1 fully saturated rings. The summed E-state index contributed by atoms with van der Waals surface area (Å²) in [6.07, 6.45) is 1.73.